The molecule has 2 heterocycles. The summed E-state index contributed by atoms with van der Waals surface area (Å²) in [6, 6.07) is 10.6. The Morgan fingerprint density at radius 1 is 1.19 bits per heavy atom. The molecule has 0 saturated heterocycles. The second-order valence-electron chi connectivity index (χ2n) is 5.17. The molecule has 0 aliphatic carbocycles. The summed E-state index contributed by atoms with van der Waals surface area (Å²) in [5.74, 6) is 0. The predicted octanol–water partition coefficient (Wildman–Crippen LogP) is 2.51. The van der Waals surface area contributed by atoms with Crippen molar-refractivity contribution in [2.75, 3.05) is 0 Å². The molecule has 1 unspecified atom stereocenters. The van der Waals surface area contributed by atoms with Crippen LogP contribution in [-0.2, 0) is 13.1 Å². The molecule has 2 N–H and O–H groups in total. The van der Waals surface area contributed by atoms with Crippen molar-refractivity contribution in [3.8, 4) is 0 Å². The first-order valence-corrected chi connectivity index (χ1v) is 7.08. The molecule has 2 aromatic heterocycles. The van der Waals surface area contributed by atoms with E-state index >= 15 is 0 Å². The fraction of sp³-hybridized carbons (Fsp3) is 0.250. The summed E-state index contributed by atoms with van der Waals surface area (Å²) in [5, 5.41) is 14.7. The van der Waals surface area contributed by atoms with Crippen molar-refractivity contribution in [1.82, 2.24) is 25.3 Å². The van der Waals surface area contributed by atoms with Gasteiger partial charge in [-0.25, -0.2) is 0 Å². The van der Waals surface area contributed by atoms with E-state index in [1.165, 1.54) is 11.1 Å². The normalized spacial score (nSPS) is 12.4. The number of nitrogens with one attached hydrogen (secondary N) is 2. The van der Waals surface area contributed by atoms with Gasteiger partial charge in [0.1, 0.15) is 0 Å². The average Bonchev–Trinajstić information content (AvgIpc) is 3.17. The lowest BCUT2D eigenvalue weighted by molar-refractivity contribution is 0.574. The predicted molar refractivity (Wildman–Crippen MR) is 81.6 cm³/mol. The Balaban J connectivity index is 1.55. The number of nitrogens with zero attached hydrogens (tertiary/aromatic N) is 3. The van der Waals surface area contributed by atoms with Crippen molar-refractivity contribution in [3.63, 3.8) is 0 Å². The van der Waals surface area contributed by atoms with Gasteiger partial charge in [-0.05, 0) is 12.5 Å². The van der Waals surface area contributed by atoms with E-state index in [0.717, 1.165) is 18.7 Å². The minimum absolute atomic E-state index is 0.265. The second kappa shape index (κ2) is 6.37. The van der Waals surface area contributed by atoms with Gasteiger partial charge in [-0.15, -0.1) is 0 Å². The molecular formula is C16H19N5. The van der Waals surface area contributed by atoms with Gasteiger partial charge >= 0.3 is 0 Å². The summed E-state index contributed by atoms with van der Waals surface area (Å²) in [6.45, 7) is 3.72. The molecule has 0 fully saturated rings. The minimum Gasteiger partial charge on any atom is -0.306 e. The summed E-state index contributed by atoms with van der Waals surface area (Å²) in [6.07, 6.45) is 7.76. The van der Waals surface area contributed by atoms with Crippen LogP contribution in [0.5, 0.6) is 0 Å². The molecule has 1 aromatic carbocycles. The van der Waals surface area contributed by atoms with Crippen molar-refractivity contribution in [2.45, 2.75) is 26.1 Å². The molecule has 0 spiro atoms. The fourth-order valence-electron chi connectivity index (χ4n) is 2.24. The monoisotopic (exact) mass is 281 g/mol. The minimum atomic E-state index is 0.265. The molecule has 0 saturated carbocycles. The van der Waals surface area contributed by atoms with Gasteiger partial charge in [0, 0.05) is 36.1 Å². The van der Waals surface area contributed by atoms with Crippen LogP contribution in [0.3, 0.4) is 0 Å². The van der Waals surface area contributed by atoms with E-state index in [-0.39, 0.29) is 6.04 Å². The molecule has 0 aliphatic rings. The standard InChI is InChI=1S/C16H19N5/c1-13(16-9-18-19-10-16)17-7-15-8-20-21(12-15)11-14-5-3-2-4-6-14/h2-6,8-10,12-13,17H,7,11H2,1H3,(H,18,19). The molecule has 1 atom stereocenters. The summed E-state index contributed by atoms with van der Waals surface area (Å²) in [7, 11) is 0. The first kappa shape index (κ1) is 13.6. The molecule has 3 rings (SSSR count). The molecule has 21 heavy (non-hydrogen) atoms. The first-order valence-electron chi connectivity index (χ1n) is 7.08. The van der Waals surface area contributed by atoms with E-state index in [1.54, 1.807) is 0 Å². The molecule has 3 aromatic rings. The summed E-state index contributed by atoms with van der Waals surface area (Å²) >= 11 is 0. The summed E-state index contributed by atoms with van der Waals surface area (Å²) < 4.78 is 1.97. The Morgan fingerprint density at radius 2 is 2.05 bits per heavy atom. The van der Waals surface area contributed by atoms with E-state index in [1.807, 2.05) is 41.5 Å². The van der Waals surface area contributed by atoms with E-state index in [4.69, 9.17) is 0 Å². The Bertz CT molecular complexity index is 657. The van der Waals surface area contributed by atoms with Gasteiger partial charge in [0.25, 0.3) is 0 Å². The van der Waals surface area contributed by atoms with Gasteiger partial charge in [0.15, 0.2) is 0 Å². The SMILES string of the molecule is CC(NCc1cnn(Cc2ccccc2)c1)c1cn[nH]c1. The maximum Gasteiger partial charge on any atom is 0.0659 e. The molecule has 0 radical (unpaired) electrons. The van der Waals surface area contributed by atoms with Gasteiger partial charge in [0.05, 0.1) is 18.9 Å². The van der Waals surface area contributed by atoms with Crippen LogP contribution in [0.4, 0.5) is 0 Å². The van der Waals surface area contributed by atoms with Crippen molar-refractivity contribution < 1.29 is 0 Å². The van der Waals surface area contributed by atoms with E-state index in [9.17, 15) is 0 Å². The third-order valence-electron chi connectivity index (χ3n) is 3.51. The molecule has 108 valence electrons. The number of hydrogen-bond donors (Lipinski definition) is 2. The van der Waals surface area contributed by atoms with Crippen molar-refractivity contribution in [2.24, 2.45) is 0 Å². The highest BCUT2D eigenvalue weighted by atomic mass is 15.3. The number of hydrogen-bond acceptors (Lipinski definition) is 3. The van der Waals surface area contributed by atoms with Crippen LogP contribution in [0, 0.1) is 0 Å². The van der Waals surface area contributed by atoms with Gasteiger partial charge in [-0.3, -0.25) is 9.78 Å². The van der Waals surface area contributed by atoms with Crippen molar-refractivity contribution in [1.29, 1.82) is 0 Å². The molecule has 5 nitrogen and oxygen atoms in total. The first-order chi connectivity index (χ1) is 10.3. The van der Waals surface area contributed by atoms with E-state index in [2.05, 4.69) is 45.9 Å². The smallest absolute Gasteiger partial charge is 0.0659 e. The summed E-state index contributed by atoms with van der Waals surface area (Å²) in [5.41, 5.74) is 3.60. The Kier molecular flexibility index (Phi) is 4.12. The third-order valence-corrected chi connectivity index (χ3v) is 3.51. The maximum atomic E-state index is 4.41. The molecule has 0 amide bonds. The molecular weight excluding hydrogens is 262 g/mol. The zero-order valence-electron chi connectivity index (χ0n) is 12.0. The van der Waals surface area contributed by atoms with Crippen LogP contribution in [0.25, 0.3) is 0 Å². The number of aromatic amines is 1. The number of H-pyrrole nitrogens is 1. The zero-order valence-corrected chi connectivity index (χ0v) is 12.0. The van der Waals surface area contributed by atoms with Crippen LogP contribution < -0.4 is 5.32 Å². The maximum absolute atomic E-state index is 4.41. The van der Waals surface area contributed by atoms with Gasteiger partial charge < -0.3 is 5.32 Å². The lowest BCUT2D eigenvalue weighted by atomic mass is 10.2. The van der Waals surface area contributed by atoms with Crippen LogP contribution in [0.15, 0.2) is 55.1 Å². The van der Waals surface area contributed by atoms with E-state index in [0.29, 0.717) is 0 Å². The van der Waals surface area contributed by atoms with Crippen LogP contribution in [-0.4, -0.2) is 20.0 Å². The highest BCUT2D eigenvalue weighted by molar-refractivity contribution is 5.16. The quantitative estimate of drug-likeness (QED) is 0.730. The lowest BCUT2D eigenvalue weighted by Crippen LogP contribution is -2.17. The highest BCUT2D eigenvalue weighted by Crippen LogP contribution is 2.10. The largest absolute Gasteiger partial charge is 0.306 e. The Morgan fingerprint density at radius 3 is 2.81 bits per heavy atom. The second-order valence-corrected chi connectivity index (χ2v) is 5.17. The number of rotatable bonds is 6. The fourth-order valence-corrected chi connectivity index (χ4v) is 2.24. The van der Waals surface area contributed by atoms with E-state index < -0.39 is 0 Å². The topological polar surface area (TPSA) is 58.5 Å². The molecule has 0 bridgehead atoms. The van der Waals surface area contributed by atoms with Crippen molar-refractivity contribution >= 4 is 0 Å². The number of benzene rings is 1. The van der Waals surface area contributed by atoms with Crippen LogP contribution in [0.1, 0.15) is 29.7 Å². The average molecular weight is 281 g/mol. The van der Waals surface area contributed by atoms with Gasteiger partial charge in [-0.1, -0.05) is 30.3 Å². The van der Waals surface area contributed by atoms with Crippen molar-refractivity contribution in [3.05, 3.63) is 71.8 Å². The van der Waals surface area contributed by atoms with Crippen LogP contribution >= 0.6 is 0 Å². The third kappa shape index (κ3) is 3.58. The lowest BCUT2D eigenvalue weighted by Gasteiger charge is -2.10. The zero-order chi connectivity index (χ0) is 14.5. The number of aromatic nitrogens is 4. The van der Waals surface area contributed by atoms with Gasteiger partial charge in [-0.2, -0.15) is 10.2 Å². The van der Waals surface area contributed by atoms with Crippen LogP contribution in [0.2, 0.25) is 0 Å². The Labute approximate surface area is 124 Å². The molecule has 5 heteroatoms. The molecule has 0 aliphatic heterocycles. The van der Waals surface area contributed by atoms with Gasteiger partial charge in [0.2, 0.25) is 0 Å². The Hall–Kier alpha value is -2.40. The highest BCUT2D eigenvalue weighted by Gasteiger charge is 2.06. The summed E-state index contributed by atoms with van der Waals surface area (Å²) in [4.78, 5) is 0.